The fourth-order valence-electron chi connectivity index (χ4n) is 1.71. The van der Waals surface area contributed by atoms with Gasteiger partial charge in [-0.2, -0.15) is 4.98 Å². The molecule has 0 aliphatic carbocycles. The number of aromatic nitrogens is 4. The lowest BCUT2D eigenvalue weighted by Gasteiger charge is -2.12. The predicted octanol–water partition coefficient (Wildman–Crippen LogP) is 1.12. The predicted molar refractivity (Wildman–Crippen MR) is 67.4 cm³/mol. The highest BCUT2D eigenvalue weighted by molar-refractivity contribution is 5.57. The molecule has 0 saturated heterocycles. The Morgan fingerprint density at radius 2 is 2.06 bits per heavy atom. The SMILES string of the molecule is CCc1c(NC)ncnc1NCCc1ncon1. The minimum absolute atomic E-state index is 0.684. The first kappa shape index (κ1) is 12.3. The van der Waals surface area contributed by atoms with Crippen molar-refractivity contribution in [2.45, 2.75) is 19.8 Å². The van der Waals surface area contributed by atoms with Crippen LogP contribution in [0.4, 0.5) is 11.6 Å². The molecule has 0 amide bonds. The minimum Gasteiger partial charge on any atom is -0.373 e. The lowest BCUT2D eigenvalue weighted by atomic mass is 10.2. The maximum Gasteiger partial charge on any atom is 0.213 e. The lowest BCUT2D eigenvalue weighted by molar-refractivity contribution is 0.410. The molecule has 18 heavy (non-hydrogen) atoms. The zero-order valence-electron chi connectivity index (χ0n) is 10.5. The first-order valence-electron chi connectivity index (χ1n) is 5.86. The quantitative estimate of drug-likeness (QED) is 0.791. The molecular weight excluding hydrogens is 232 g/mol. The van der Waals surface area contributed by atoms with Crippen LogP contribution in [0.5, 0.6) is 0 Å². The van der Waals surface area contributed by atoms with Crippen molar-refractivity contribution in [3.63, 3.8) is 0 Å². The van der Waals surface area contributed by atoms with Crippen LogP contribution in [-0.4, -0.2) is 33.7 Å². The van der Waals surface area contributed by atoms with Crippen LogP contribution in [0.25, 0.3) is 0 Å². The minimum atomic E-state index is 0.684. The Bertz CT molecular complexity index is 484. The summed E-state index contributed by atoms with van der Waals surface area (Å²) in [6.07, 6.45) is 4.43. The normalized spacial score (nSPS) is 10.3. The Labute approximate surface area is 105 Å². The summed E-state index contributed by atoms with van der Waals surface area (Å²) in [6, 6.07) is 0. The summed E-state index contributed by atoms with van der Waals surface area (Å²) in [4.78, 5) is 12.4. The molecule has 2 rings (SSSR count). The zero-order chi connectivity index (χ0) is 12.8. The van der Waals surface area contributed by atoms with Gasteiger partial charge in [-0.1, -0.05) is 12.1 Å². The van der Waals surface area contributed by atoms with E-state index in [1.807, 2.05) is 7.05 Å². The third kappa shape index (κ3) is 2.73. The first-order chi connectivity index (χ1) is 8.85. The molecule has 0 aliphatic rings. The molecule has 0 aromatic carbocycles. The molecule has 0 aliphatic heterocycles. The highest BCUT2D eigenvalue weighted by Gasteiger charge is 2.08. The van der Waals surface area contributed by atoms with E-state index in [1.54, 1.807) is 6.33 Å². The summed E-state index contributed by atoms with van der Waals surface area (Å²) in [5.74, 6) is 2.39. The van der Waals surface area contributed by atoms with Gasteiger partial charge in [0.15, 0.2) is 5.82 Å². The molecule has 7 nitrogen and oxygen atoms in total. The molecule has 0 saturated carbocycles. The van der Waals surface area contributed by atoms with Crippen molar-refractivity contribution < 1.29 is 4.52 Å². The Kier molecular flexibility index (Phi) is 4.06. The molecule has 0 atom stereocenters. The number of hydrogen-bond acceptors (Lipinski definition) is 7. The van der Waals surface area contributed by atoms with Crippen LogP contribution in [0.1, 0.15) is 18.3 Å². The van der Waals surface area contributed by atoms with Crippen LogP contribution < -0.4 is 10.6 Å². The first-order valence-corrected chi connectivity index (χ1v) is 5.86. The summed E-state index contributed by atoms with van der Waals surface area (Å²) in [5.41, 5.74) is 1.08. The van der Waals surface area contributed by atoms with Gasteiger partial charge in [0, 0.05) is 25.6 Å². The largest absolute Gasteiger partial charge is 0.373 e. The van der Waals surface area contributed by atoms with E-state index in [4.69, 9.17) is 0 Å². The van der Waals surface area contributed by atoms with Crippen LogP contribution in [0.2, 0.25) is 0 Å². The molecule has 2 aromatic rings. The monoisotopic (exact) mass is 248 g/mol. The van der Waals surface area contributed by atoms with E-state index >= 15 is 0 Å². The van der Waals surface area contributed by atoms with Gasteiger partial charge in [0.25, 0.3) is 0 Å². The molecule has 0 fully saturated rings. The van der Waals surface area contributed by atoms with Crippen LogP contribution in [-0.2, 0) is 12.8 Å². The Hall–Kier alpha value is -2.18. The van der Waals surface area contributed by atoms with Crippen molar-refractivity contribution in [2.24, 2.45) is 0 Å². The lowest BCUT2D eigenvalue weighted by Crippen LogP contribution is -2.11. The molecule has 2 heterocycles. The van der Waals surface area contributed by atoms with Crippen molar-refractivity contribution >= 4 is 11.6 Å². The van der Waals surface area contributed by atoms with E-state index in [2.05, 4.69) is 42.2 Å². The van der Waals surface area contributed by atoms with E-state index in [0.29, 0.717) is 18.8 Å². The van der Waals surface area contributed by atoms with Gasteiger partial charge < -0.3 is 15.2 Å². The van der Waals surface area contributed by atoms with Crippen molar-refractivity contribution in [2.75, 3.05) is 24.2 Å². The van der Waals surface area contributed by atoms with Crippen LogP contribution in [0.15, 0.2) is 17.2 Å². The molecule has 0 bridgehead atoms. The van der Waals surface area contributed by atoms with Gasteiger partial charge in [-0.25, -0.2) is 9.97 Å². The number of rotatable bonds is 6. The highest BCUT2D eigenvalue weighted by atomic mass is 16.5. The third-order valence-electron chi connectivity index (χ3n) is 2.58. The van der Waals surface area contributed by atoms with E-state index in [-0.39, 0.29) is 0 Å². The van der Waals surface area contributed by atoms with E-state index in [9.17, 15) is 0 Å². The summed E-state index contributed by atoms with van der Waals surface area (Å²) >= 11 is 0. The highest BCUT2D eigenvalue weighted by Crippen LogP contribution is 2.19. The molecule has 0 unspecified atom stereocenters. The van der Waals surface area contributed by atoms with Gasteiger partial charge in [-0.3, -0.25) is 0 Å². The van der Waals surface area contributed by atoms with Gasteiger partial charge in [0.2, 0.25) is 6.39 Å². The van der Waals surface area contributed by atoms with Crippen LogP contribution >= 0.6 is 0 Å². The van der Waals surface area contributed by atoms with Crippen molar-refractivity contribution in [1.29, 1.82) is 0 Å². The third-order valence-corrected chi connectivity index (χ3v) is 2.58. The summed E-state index contributed by atoms with van der Waals surface area (Å²) in [6.45, 7) is 2.77. The topological polar surface area (TPSA) is 88.8 Å². The standard InChI is InChI=1S/C11H16N6O/c1-3-8-10(12-2)14-6-15-11(8)13-5-4-9-16-7-18-17-9/h6-7H,3-5H2,1-2H3,(H2,12,13,14,15). The van der Waals surface area contributed by atoms with Crippen molar-refractivity contribution in [1.82, 2.24) is 20.1 Å². The number of nitrogens with zero attached hydrogens (tertiary/aromatic N) is 4. The van der Waals surface area contributed by atoms with Gasteiger partial charge in [-0.05, 0) is 6.42 Å². The van der Waals surface area contributed by atoms with Crippen molar-refractivity contribution in [3.05, 3.63) is 24.1 Å². The Morgan fingerprint density at radius 3 is 2.72 bits per heavy atom. The molecule has 2 aromatic heterocycles. The Balaban J connectivity index is 2.00. The molecular formula is C11H16N6O. The fraction of sp³-hybridized carbons (Fsp3) is 0.455. The van der Waals surface area contributed by atoms with Gasteiger partial charge >= 0.3 is 0 Å². The Morgan fingerprint density at radius 1 is 1.22 bits per heavy atom. The van der Waals surface area contributed by atoms with Gasteiger partial charge in [-0.15, -0.1) is 0 Å². The summed E-state index contributed by atoms with van der Waals surface area (Å²) in [7, 11) is 1.85. The second-order valence-corrected chi connectivity index (χ2v) is 3.68. The number of hydrogen-bond donors (Lipinski definition) is 2. The average Bonchev–Trinajstić information content (AvgIpc) is 2.91. The van der Waals surface area contributed by atoms with Gasteiger partial charge in [0.05, 0.1) is 0 Å². The van der Waals surface area contributed by atoms with Crippen LogP contribution in [0, 0.1) is 0 Å². The second-order valence-electron chi connectivity index (χ2n) is 3.68. The smallest absolute Gasteiger partial charge is 0.213 e. The van der Waals surface area contributed by atoms with Crippen LogP contribution in [0.3, 0.4) is 0 Å². The zero-order valence-corrected chi connectivity index (χ0v) is 10.5. The summed E-state index contributed by atoms with van der Waals surface area (Å²) in [5, 5.41) is 10.1. The van der Waals surface area contributed by atoms with E-state index in [1.165, 1.54) is 6.39 Å². The second kappa shape index (κ2) is 5.95. The summed E-state index contributed by atoms with van der Waals surface area (Å²) < 4.78 is 4.67. The van der Waals surface area contributed by atoms with Crippen molar-refractivity contribution in [3.8, 4) is 0 Å². The fourth-order valence-corrected chi connectivity index (χ4v) is 1.71. The maximum atomic E-state index is 4.67. The molecule has 7 heteroatoms. The molecule has 2 N–H and O–H groups in total. The number of nitrogens with one attached hydrogen (secondary N) is 2. The number of anilines is 2. The maximum absolute atomic E-state index is 4.67. The van der Waals surface area contributed by atoms with E-state index in [0.717, 1.165) is 23.6 Å². The molecule has 96 valence electrons. The molecule has 0 radical (unpaired) electrons. The molecule has 0 spiro atoms. The van der Waals surface area contributed by atoms with E-state index < -0.39 is 0 Å². The van der Waals surface area contributed by atoms with Gasteiger partial charge in [0.1, 0.15) is 18.0 Å². The average molecular weight is 248 g/mol.